The maximum Gasteiger partial charge on any atom is 0.404 e. The molecule has 2 amide bonds. The molecule has 6 heteroatoms. The van der Waals surface area contributed by atoms with E-state index in [4.69, 9.17) is 10.8 Å². The zero-order chi connectivity index (χ0) is 15.3. The minimum Gasteiger partial charge on any atom is -0.465 e. The maximum atomic E-state index is 10.1. The van der Waals surface area contributed by atoms with Gasteiger partial charge in [-0.3, -0.25) is 0 Å². The summed E-state index contributed by atoms with van der Waals surface area (Å²) < 4.78 is 4.48. The van der Waals surface area contributed by atoms with Gasteiger partial charge >= 0.3 is 12.2 Å². The van der Waals surface area contributed by atoms with E-state index >= 15 is 0 Å². The van der Waals surface area contributed by atoms with Crippen molar-refractivity contribution < 1.29 is 19.4 Å². The topological polar surface area (TPSA) is 102 Å². The molecule has 0 atom stereocenters. The van der Waals surface area contributed by atoms with E-state index in [9.17, 15) is 9.59 Å². The molecule has 0 aliphatic rings. The lowest BCUT2D eigenvalue weighted by molar-refractivity contribution is 0.154. The van der Waals surface area contributed by atoms with Gasteiger partial charge in [0.25, 0.3) is 0 Å². The molecular formula is C13H28N2O4. The fourth-order valence-electron chi connectivity index (χ4n) is 0.965. The monoisotopic (exact) mass is 276 g/mol. The number of primary amides is 1. The van der Waals surface area contributed by atoms with E-state index in [1.807, 2.05) is 20.8 Å². The lowest BCUT2D eigenvalue weighted by atomic mass is 9.90. The van der Waals surface area contributed by atoms with E-state index in [0.717, 1.165) is 25.7 Å². The smallest absolute Gasteiger partial charge is 0.404 e. The molecule has 0 heterocycles. The molecule has 0 saturated carbocycles. The van der Waals surface area contributed by atoms with Crippen LogP contribution >= 0.6 is 0 Å². The van der Waals surface area contributed by atoms with E-state index in [0.29, 0.717) is 13.2 Å². The van der Waals surface area contributed by atoms with Crippen molar-refractivity contribution in [3.05, 3.63) is 0 Å². The minimum atomic E-state index is -0.943. The Morgan fingerprint density at radius 1 is 1.26 bits per heavy atom. The summed E-state index contributed by atoms with van der Waals surface area (Å²) in [6, 6.07) is 0. The van der Waals surface area contributed by atoms with Crippen LogP contribution in [0.3, 0.4) is 0 Å². The molecule has 0 aromatic heterocycles. The zero-order valence-corrected chi connectivity index (χ0v) is 12.5. The number of amides is 2. The van der Waals surface area contributed by atoms with Crippen LogP contribution in [0.4, 0.5) is 9.59 Å². The average Bonchev–Trinajstić information content (AvgIpc) is 2.33. The molecule has 0 radical (unpaired) electrons. The zero-order valence-electron chi connectivity index (χ0n) is 12.5. The second-order valence-corrected chi connectivity index (χ2v) is 5.05. The number of unbranched alkanes of at least 4 members (excludes halogenated alkanes) is 2. The molecule has 0 unspecified atom stereocenters. The number of rotatable bonds is 7. The predicted molar refractivity (Wildman–Crippen MR) is 75.2 cm³/mol. The van der Waals surface area contributed by atoms with Crippen molar-refractivity contribution in [2.24, 2.45) is 11.1 Å². The molecule has 0 bridgehead atoms. The number of carbonyl (C=O) groups excluding carboxylic acids is 1. The standard InChI is InChI=1S/C7H15NO2.C6H13NO2/c1-4-7(2,3)5-8-6(9)10;1-2-3-4-5-9-6(7)8/h8H,4-5H2,1-3H3,(H,9,10);2-5H2,1H3,(H2,7,8). The molecule has 0 aromatic rings. The summed E-state index contributed by atoms with van der Waals surface area (Å²) in [6.45, 7) is 9.18. The minimum absolute atomic E-state index is 0.0817. The van der Waals surface area contributed by atoms with Gasteiger partial charge in [-0.05, 0) is 18.3 Å². The van der Waals surface area contributed by atoms with Crippen molar-refractivity contribution in [3.8, 4) is 0 Å². The maximum absolute atomic E-state index is 10.1. The van der Waals surface area contributed by atoms with E-state index in [2.05, 4.69) is 17.0 Å². The van der Waals surface area contributed by atoms with Crippen LogP contribution in [0, 0.1) is 5.41 Å². The lowest BCUT2D eigenvalue weighted by Crippen LogP contribution is -2.32. The Hall–Kier alpha value is -1.46. The quantitative estimate of drug-likeness (QED) is 0.622. The number of nitrogens with one attached hydrogen (secondary N) is 1. The summed E-state index contributed by atoms with van der Waals surface area (Å²) in [5.74, 6) is 0. The molecule has 19 heavy (non-hydrogen) atoms. The number of hydrogen-bond donors (Lipinski definition) is 3. The van der Waals surface area contributed by atoms with Gasteiger partial charge in [-0.2, -0.15) is 0 Å². The lowest BCUT2D eigenvalue weighted by Gasteiger charge is -2.21. The second kappa shape index (κ2) is 11.6. The third-order valence-corrected chi connectivity index (χ3v) is 2.67. The first kappa shape index (κ1) is 19.9. The summed E-state index contributed by atoms with van der Waals surface area (Å²) in [4.78, 5) is 20.0. The SMILES string of the molecule is CCC(C)(C)CNC(=O)O.CCCCCOC(N)=O. The molecule has 4 N–H and O–H groups in total. The fourth-order valence-corrected chi connectivity index (χ4v) is 0.965. The van der Waals surface area contributed by atoms with Gasteiger partial charge in [-0.15, -0.1) is 0 Å². The van der Waals surface area contributed by atoms with Crippen molar-refractivity contribution >= 4 is 12.2 Å². The third kappa shape index (κ3) is 19.1. The summed E-state index contributed by atoms with van der Waals surface area (Å²) in [5.41, 5.74) is 4.80. The number of carbonyl (C=O) groups is 2. The van der Waals surface area contributed by atoms with Crippen molar-refractivity contribution in [1.29, 1.82) is 0 Å². The summed E-state index contributed by atoms with van der Waals surface area (Å²) in [7, 11) is 0. The van der Waals surface area contributed by atoms with E-state index in [-0.39, 0.29) is 5.41 Å². The van der Waals surface area contributed by atoms with E-state index in [1.54, 1.807) is 0 Å². The summed E-state index contributed by atoms with van der Waals surface area (Å²) in [6.07, 6.45) is 2.50. The van der Waals surface area contributed by atoms with E-state index in [1.165, 1.54) is 0 Å². The van der Waals surface area contributed by atoms with Crippen LogP contribution in [-0.2, 0) is 4.74 Å². The predicted octanol–water partition coefficient (Wildman–Crippen LogP) is 2.96. The van der Waals surface area contributed by atoms with Gasteiger partial charge in [0.15, 0.2) is 0 Å². The van der Waals surface area contributed by atoms with Crippen molar-refractivity contribution in [1.82, 2.24) is 5.32 Å². The summed E-state index contributed by atoms with van der Waals surface area (Å²) >= 11 is 0. The Kier molecular flexibility index (Phi) is 12.2. The molecule has 0 fully saturated rings. The average molecular weight is 276 g/mol. The largest absolute Gasteiger partial charge is 0.465 e. The van der Waals surface area contributed by atoms with Gasteiger partial charge in [-0.25, -0.2) is 9.59 Å². The Morgan fingerprint density at radius 3 is 2.21 bits per heavy atom. The number of ether oxygens (including phenoxy) is 1. The van der Waals surface area contributed by atoms with Crippen LogP contribution in [0.25, 0.3) is 0 Å². The number of nitrogens with two attached hydrogens (primary N) is 1. The molecule has 0 aromatic carbocycles. The van der Waals surface area contributed by atoms with Crippen LogP contribution in [0.2, 0.25) is 0 Å². The second-order valence-electron chi connectivity index (χ2n) is 5.05. The van der Waals surface area contributed by atoms with Crippen LogP contribution < -0.4 is 11.1 Å². The number of carboxylic acid groups (broad SMARTS) is 1. The molecule has 0 rings (SSSR count). The van der Waals surface area contributed by atoms with Crippen LogP contribution in [0.5, 0.6) is 0 Å². The summed E-state index contributed by atoms with van der Waals surface area (Å²) in [5, 5.41) is 10.6. The van der Waals surface area contributed by atoms with E-state index < -0.39 is 12.2 Å². The van der Waals surface area contributed by atoms with Crippen LogP contribution in [0.15, 0.2) is 0 Å². The molecule has 0 spiro atoms. The molecule has 0 aliphatic carbocycles. The Balaban J connectivity index is 0. The highest BCUT2D eigenvalue weighted by Gasteiger charge is 2.15. The molecular weight excluding hydrogens is 248 g/mol. The first-order valence-electron chi connectivity index (χ1n) is 6.64. The fraction of sp³-hybridized carbons (Fsp3) is 0.846. The van der Waals surface area contributed by atoms with Gasteiger partial charge < -0.3 is 20.9 Å². The van der Waals surface area contributed by atoms with Gasteiger partial charge in [0.2, 0.25) is 0 Å². The normalized spacial score (nSPS) is 10.1. The Morgan fingerprint density at radius 2 is 1.84 bits per heavy atom. The molecule has 6 nitrogen and oxygen atoms in total. The van der Waals surface area contributed by atoms with Crippen LogP contribution in [-0.4, -0.2) is 30.4 Å². The highest BCUT2D eigenvalue weighted by molar-refractivity contribution is 5.64. The van der Waals surface area contributed by atoms with Gasteiger partial charge in [-0.1, -0.05) is 40.5 Å². The van der Waals surface area contributed by atoms with Crippen molar-refractivity contribution in [2.75, 3.05) is 13.2 Å². The molecule has 0 saturated heterocycles. The number of hydrogen-bond acceptors (Lipinski definition) is 3. The van der Waals surface area contributed by atoms with Gasteiger partial charge in [0.05, 0.1) is 6.61 Å². The Bertz CT molecular complexity index is 255. The van der Waals surface area contributed by atoms with Crippen LogP contribution in [0.1, 0.15) is 53.4 Å². The van der Waals surface area contributed by atoms with Crippen molar-refractivity contribution in [3.63, 3.8) is 0 Å². The Labute approximate surface area is 115 Å². The van der Waals surface area contributed by atoms with Gasteiger partial charge in [0, 0.05) is 6.54 Å². The molecule has 0 aliphatic heterocycles. The third-order valence-electron chi connectivity index (χ3n) is 2.67. The first-order chi connectivity index (χ1) is 8.75. The van der Waals surface area contributed by atoms with Crippen molar-refractivity contribution in [2.45, 2.75) is 53.4 Å². The first-order valence-corrected chi connectivity index (χ1v) is 6.64. The highest BCUT2D eigenvalue weighted by Crippen LogP contribution is 2.17. The van der Waals surface area contributed by atoms with Gasteiger partial charge in [0.1, 0.15) is 0 Å². The molecule has 114 valence electrons. The highest BCUT2D eigenvalue weighted by atomic mass is 16.5.